The van der Waals surface area contributed by atoms with Crippen molar-refractivity contribution in [1.82, 2.24) is 25.4 Å². The molecular weight excluding hydrogens is 390 g/mol. The largest absolute Gasteiger partial charge is 0.383 e. The minimum Gasteiger partial charge on any atom is -0.383 e. The first-order chi connectivity index (χ1) is 13.0. The van der Waals surface area contributed by atoms with Gasteiger partial charge in [-0.3, -0.25) is 14.7 Å². The summed E-state index contributed by atoms with van der Waals surface area (Å²) < 4.78 is 7.06. The van der Waals surface area contributed by atoms with Gasteiger partial charge < -0.3 is 10.1 Å². The lowest BCUT2D eigenvalue weighted by molar-refractivity contribution is -0.119. The molecule has 0 bridgehead atoms. The van der Waals surface area contributed by atoms with Crippen molar-refractivity contribution in [2.75, 3.05) is 20.3 Å². The molecule has 10 heteroatoms. The van der Waals surface area contributed by atoms with E-state index in [1.165, 1.54) is 11.8 Å². The van der Waals surface area contributed by atoms with E-state index in [4.69, 9.17) is 16.3 Å². The van der Waals surface area contributed by atoms with Crippen molar-refractivity contribution in [2.45, 2.75) is 30.8 Å². The van der Waals surface area contributed by atoms with E-state index in [1.807, 2.05) is 16.7 Å². The molecule has 0 saturated carbocycles. The fourth-order valence-electron chi connectivity index (χ4n) is 2.20. The lowest BCUT2D eigenvalue weighted by Crippen LogP contribution is -2.42. The molecule has 0 aliphatic carbocycles. The van der Waals surface area contributed by atoms with E-state index < -0.39 is 17.2 Å². The van der Waals surface area contributed by atoms with Crippen LogP contribution < -0.4 is 10.6 Å². The zero-order chi connectivity index (χ0) is 19.8. The lowest BCUT2D eigenvalue weighted by atomic mass is 10.2. The number of nitrogens with zero attached hydrogens (tertiary/aromatic N) is 3. The van der Waals surface area contributed by atoms with Crippen LogP contribution in [0.4, 0.5) is 4.79 Å². The zero-order valence-electron chi connectivity index (χ0n) is 15.4. The molecule has 27 heavy (non-hydrogen) atoms. The van der Waals surface area contributed by atoms with Gasteiger partial charge in [0.25, 0.3) is 0 Å². The summed E-state index contributed by atoms with van der Waals surface area (Å²) in [4.78, 5) is 23.7. The predicted molar refractivity (Wildman–Crippen MR) is 105 cm³/mol. The molecule has 0 saturated heterocycles. The molecular formula is C17H22ClN5O3S. The molecule has 3 amide bonds. The summed E-state index contributed by atoms with van der Waals surface area (Å²) in [5.41, 5.74) is 0.856. The summed E-state index contributed by atoms with van der Waals surface area (Å²) in [5, 5.41) is 14.0. The van der Waals surface area contributed by atoms with Crippen molar-refractivity contribution >= 4 is 35.3 Å². The van der Waals surface area contributed by atoms with Gasteiger partial charge in [0.15, 0.2) is 11.0 Å². The molecule has 2 N–H and O–H groups in total. The quantitative estimate of drug-likeness (QED) is 0.648. The molecule has 0 spiro atoms. The minimum atomic E-state index is -0.531. The van der Waals surface area contributed by atoms with Crippen LogP contribution in [0.5, 0.6) is 0 Å². The topological polar surface area (TPSA) is 98.1 Å². The van der Waals surface area contributed by atoms with E-state index >= 15 is 0 Å². The lowest BCUT2D eigenvalue weighted by Gasteiger charge is -2.13. The SMILES string of the molecule is CCNC(=O)NC(=O)[C@@H](C)Sc1nnc(-c2ccc(Cl)cc2)n1CCOC. The van der Waals surface area contributed by atoms with Crippen LogP contribution in [0.2, 0.25) is 5.02 Å². The maximum absolute atomic E-state index is 12.2. The van der Waals surface area contributed by atoms with Crippen molar-refractivity contribution in [1.29, 1.82) is 0 Å². The average molecular weight is 412 g/mol. The van der Waals surface area contributed by atoms with Gasteiger partial charge in [0, 0.05) is 24.2 Å². The van der Waals surface area contributed by atoms with Crippen molar-refractivity contribution in [2.24, 2.45) is 0 Å². The summed E-state index contributed by atoms with van der Waals surface area (Å²) in [6.45, 7) is 4.91. The molecule has 1 atom stereocenters. The van der Waals surface area contributed by atoms with Gasteiger partial charge in [-0.15, -0.1) is 10.2 Å². The Morgan fingerprint density at radius 3 is 2.63 bits per heavy atom. The van der Waals surface area contributed by atoms with Gasteiger partial charge in [0.1, 0.15) is 0 Å². The normalized spacial score (nSPS) is 11.9. The van der Waals surface area contributed by atoms with Gasteiger partial charge in [-0.05, 0) is 38.1 Å². The van der Waals surface area contributed by atoms with Gasteiger partial charge in [-0.1, -0.05) is 23.4 Å². The predicted octanol–water partition coefficient (Wildman–Crippen LogP) is 2.57. The Bertz CT molecular complexity index is 781. The highest BCUT2D eigenvalue weighted by molar-refractivity contribution is 8.00. The molecule has 1 aromatic heterocycles. The fourth-order valence-corrected chi connectivity index (χ4v) is 3.20. The molecule has 146 valence electrons. The molecule has 8 nitrogen and oxygen atoms in total. The van der Waals surface area contributed by atoms with Gasteiger partial charge in [0.05, 0.1) is 18.4 Å². The van der Waals surface area contributed by atoms with E-state index in [2.05, 4.69) is 20.8 Å². The number of imide groups is 1. The van der Waals surface area contributed by atoms with Crippen molar-refractivity contribution in [3.05, 3.63) is 29.3 Å². The average Bonchev–Trinajstić information content (AvgIpc) is 3.03. The Balaban J connectivity index is 2.19. The zero-order valence-corrected chi connectivity index (χ0v) is 16.9. The van der Waals surface area contributed by atoms with Crippen LogP contribution in [0.15, 0.2) is 29.4 Å². The second kappa shape index (κ2) is 10.3. The third-order valence-corrected chi connectivity index (χ3v) is 4.90. The molecule has 0 aliphatic rings. The van der Waals surface area contributed by atoms with Crippen LogP contribution >= 0.6 is 23.4 Å². The van der Waals surface area contributed by atoms with Gasteiger partial charge in [0.2, 0.25) is 5.91 Å². The van der Waals surface area contributed by atoms with Gasteiger partial charge >= 0.3 is 6.03 Å². The molecule has 2 aromatic rings. The van der Waals surface area contributed by atoms with Crippen molar-refractivity contribution in [3.63, 3.8) is 0 Å². The highest BCUT2D eigenvalue weighted by Crippen LogP contribution is 2.27. The number of hydrogen-bond donors (Lipinski definition) is 2. The minimum absolute atomic E-state index is 0.403. The Morgan fingerprint density at radius 1 is 1.30 bits per heavy atom. The van der Waals surface area contributed by atoms with E-state index in [0.29, 0.717) is 35.7 Å². The summed E-state index contributed by atoms with van der Waals surface area (Å²) in [5.74, 6) is 0.253. The van der Waals surface area contributed by atoms with Crippen molar-refractivity contribution < 1.29 is 14.3 Å². The van der Waals surface area contributed by atoms with Crippen LogP contribution in [0.25, 0.3) is 11.4 Å². The van der Waals surface area contributed by atoms with Crippen LogP contribution in [0.3, 0.4) is 0 Å². The summed E-state index contributed by atoms with van der Waals surface area (Å²) >= 11 is 7.17. The molecule has 0 unspecified atom stereocenters. The smallest absolute Gasteiger partial charge is 0.321 e. The molecule has 0 aliphatic heterocycles. The standard InChI is InChI=1S/C17H22ClN5O3S/c1-4-19-16(25)20-15(24)11(2)27-17-22-21-14(23(17)9-10-26-3)12-5-7-13(18)8-6-12/h5-8,11H,4,9-10H2,1-3H3,(H2,19,20,24,25)/t11-/m1/s1. The number of amides is 3. The van der Waals surface area contributed by atoms with Gasteiger partial charge in [-0.2, -0.15) is 0 Å². The van der Waals surface area contributed by atoms with E-state index in [1.54, 1.807) is 33.1 Å². The van der Waals surface area contributed by atoms with Crippen LogP contribution in [0, 0.1) is 0 Å². The number of urea groups is 1. The number of halogens is 1. The molecule has 1 heterocycles. The Kier molecular flexibility index (Phi) is 8.08. The number of carbonyl (C=O) groups is 2. The Morgan fingerprint density at radius 2 is 2.00 bits per heavy atom. The molecule has 1 aromatic carbocycles. The Labute approximate surface area is 167 Å². The number of rotatable bonds is 8. The summed E-state index contributed by atoms with van der Waals surface area (Å²) in [6.07, 6.45) is 0. The Hall–Kier alpha value is -2.10. The number of carbonyl (C=O) groups excluding carboxylic acids is 2. The monoisotopic (exact) mass is 411 g/mol. The number of nitrogens with one attached hydrogen (secondary N) is 2. The number of methoxy groups -OCH3 is 1. The maximum atomic E-state index is 12.2. The third-order valence-electron chi connectivity index (χ3n) is 3.56. The number of hydrogen-bond acceptors (Lipinski definition) is 6. The fraction of sp³-hybridized carbons (Fsp3) is 0.412. The first-order valence-electron chi connectivity index (χ1n) is 8.39. The number of thioether (sulfide) groups is 1. The molecule has 0 fully saturated rings. The number of benzene rings is 1. The molecule has 0 radical (unpaired) electrons. The van der Waals surface area contributed by atoms with E-state index in [9.17, 15) is 9.59 Å². The summed E-state index contributed by atoms with van der Waals surface area (Å²) in [7, 11) is 1.61. The second-order valence-corrected chi connectivity index (χ2v) is 7.31. The molecule has 2 rings (SSSR count). The highest BCUT2D eigenvalue weighted by atomic mass is 35.5. The van der Waals surface area contributed by atoms with Crippen LogP contribution in [0.1, 0.15) is 13.8 Å². The maximum Gasteiger partial charge on any atom is 0.321 e. The van der Waals surface area contributed by atoms with E-state index in [-0.39, 0.29) is 0 Å². The second-order valence-electron chi connectivity index (χ2n) is 5.57. The first kappa shape index (κ1) is 21.2. The summed E-state index contributed by atoms with van der Waals surface area (Å²) in [6, 6.07) is 6.76. The van der Waals surface area contributed by atoms with Crippen LogP contribution in [-0.4, -0.2) is 52.2 Å². The van der Waals surface area contributed by atoms with Gasteiger partial charge in [-0.25, -0.2) is 4.79 Å². The van der Waals surface area contributed by atoms with Crippen molar-refractivity contribution in [3.8, 4) is 11.4 Å². The van der Waals surface area contributed by atoms with E-state index in [0.717, 1.165) is 5.56 Å². The first-order valence-corrected chi connectivity index (χ1v) is 9.65. The third kappa shape index (κ3) is 5.95. The number of aromatic nitrogens is 3. The highest BCUT2D eigenvalue weighted by Gasteiger charge is 2.22. The van der Waals surface area contributed by atoms with Crippen LogP contribution in [-0.2, 0) is 16.1 Å². The number of ether oxygens (including phenoxy) is 1.